The van der Waals surface area contributed by atoms with E-state index in [0.29, 0.717) is 16.5 Å². The molecule has 1 atom stereocenters. The number of amides is 2. The van der Waals surface area contributed by atoms with Gasteiger partial charge in [0.25, 0.3) is 0 Å². The maximum atomic E-state index is 13.6. The molecule has 0 spiro atoms. The number of benzene rings is 2. The first kappa shape index (κ1) is 27.8. The van der Waals surface area contributed by atoms with Crippen LogP contribution < -0.4 is 14.4 Å². The monoisotopic (exact) mass is 535 g/mol. The van der Waals surface area contributed by atoms with E-state index in [4.69, 9.17) is 16.3 Å². The van der Waals surface area contributed by atoms with Crippen LogP contribution in [0.1, 0.15) is 44.6 Å². The van der Waals surface area contributed by atoms with Crippen LogP contribution in [0.4, 0.5) is 5.69 Å². The fourth-order valence-electron chi connectivity index (χ4n) is 4.35. The smallest absolute Gasteiger partial charge is 0.244 e. The van der Waals surface area contributed by atoms with E-state index < -0.39 is 28.5 Å². The highest BCUT2D eigenvalue weighted by Gasteiger charge is 2.31. The average Bonchev–Trinajstić information content (AvgIpc) is 2.85. The molecule has 0 saturated heterocycles. The predicted molar refractivity (Wildman–Crippen MR) is 142 cm³/mol. The van der Waals surface area contributed by atoms with Gasteiger partial charge in [0, 0.05) is 17.6 Å². The van der Waals surface area contributed by atoms with Gasteiger partial charge in [-0.3, -0.25) is 13.9 Å². The Bertz CT molecular complexity index is 1150. The van der Waals surface area contributed by atoms with E-state index in [1.54, 1.807) is 49.4 Å². The lowest BCUT2D eigenvalue weighted by Gasteiger charge is -2.33. The summed E-state index contributed by atoms with van der Waals surface area (Å²) in [6, 6.07) is 12.7. The number of methoxy groups -OCH3 is 1. The Morgan fingerprint density at radius 3 is 2.36 bits per heavy atom. The zero-order chi connectivity index (χ0) is 26.3. The number of nitrogens with one attached hydrogen (secondary N) is 1. The van der Waals surface area contributed by atoms with Crippen molar-refractivity contribution in [2.24, 2.45) is 0 Å². The van der Waals surface area contributed by atoms with Gasteiger partial charge in [-0.2, -0.15) is 0 Å². The highest BCUT2D eigenvalue weighted by Crippen LogP contribution is 2.23. The maximum Gasteiger partial charge on any atom is 0.244 e. The molecule has 8 nitrogen and oxygen atoms in total. The number of ether oxygens (including phenoxy) is 1. The number of carbonyl (C=O) groups excluding carboxylic acids is 2. The summed E-state index contributed by atoms with van der Waals surface area (Å²) in [5.74, 6) is -0.190. The van der Waals surface area contributed by atoms with Crippen molar-refractivity contribution >= 4 is 39.1 Å². The van der Waals surface area contributed by atoms with Gasteiger partial charge in [0.1, 0.15) is 18.3 Å². The van der Waals surface area contributed by atoms with Crippen LogP contribution in [0.25, 0.3) is 0 Å². The molecule has 196 valence electrons. The summed E-state index contributed by atoms with van der Waals surface area (Å²) in [5.41, 5.74) is 1.07. The van der Waals surface area contributed by atoms with E-state index in [1.165, 1.54) is 12.0 Å². The second-order valence-corrected chi connectivity index (χ2v) is 11.5. The SMILES string of the molecule is COc1ccc(N(CC(=O)N(Cc2cccc(Cl)c2)[C@H](C)C(=O)NC2CCCCC2)S(C)(=O)=O)cc1. The summed E-state index contributed by atoms with van der Waals surface area (Å²) in [6.07, 6.45) is 6.17. The number of halogens is 1. The van der Waals surface area contributed by atoms with Crippen molar-refractivity contribution in [3.63, 3.8) is 0 Å². The first-order valence-electron chi connectivity index (χ1n) is 12.0. The molecule has 1 fully saturated rings. The molecule has 1 N–H and O–H groups in total. The van der Waals surface area contributed by atoms with Crippen molar-refractivity contribution in [2.75, 3.05) is 24.2 Å². The minimum atomic E-state index is -3.79. The van der Waals surface area contributed by atoms with E-state index in [-0.39, 0.29) is 18.5 Å². The minimum Gasteiger partial charge on any atom is -0.497 e. The lowest BCUT2D eigenvalue weighted by molar-refractivity contribution is -0.139. The third-order valence-electron chi connectivity index (χ3n) is 6.40. The van der Waals surface area contributed by atoms with Gasteiger partial charge in [0.05, 0.1) is 19.1 Å². The Morgan fingerprint density at radius 1 is 1.11 bits per heavy atom. The van der Waals surface area contributed by atoms with Crippen LogP contribution in [-0.4, -0.2) is 57.1 Å². The lowest BCUT2D eigenvalue weighted by Crippen LogP contribution is -2.52. The van der Waals surface area contributed by atoms with Gasteiger partial charge in [-0.1, -0.05) is 43.0 Å². The first-order valence-corrected chi connectivity index (χ1v) is 14.3. The molecule has 1 aliphatic carbocycles. The van der Waals surface area contributed by atoms with Gasteiger partial charge in [-0.25, -0.2) is 8.42 Å². The summed E-state index contributed by atoms with van der Waals surface area (Å²) in [6.45, 7) is 1.32. The van der Waals surface area contributed by atoms with Crippen molar-refractivity contribution in [3.05, 3.63) is 59.1 Å². The van der Waals surface area contributed by atoms with E-state index >= 15 is 0 Å². The van der Waals surface area contributed by atoms with Crippen molar-refractivity contribution in [3.8, 4) is 5.75 Å². The standard InChI is InChI=1S/C26H34ClN3O5S/c1-19(26(32)28-22-10-5-4-6-11-22)29(17-20-8-7-9-21(27)16-20)25(31)18-30(36(3,33)34)23-12-14-24(35-2)15-13-23/h7-9,12-16,19,22H,4-6,10-11,17-18H2,1-3H3,(H,28,32)/t19-/m1/s1. The largest absolute Gasteiger partial charge is 0.497 e. The molecular formula is C26H34ClN3O5S. The zero-order valence-electron chi connectivity index (χ0n) is 20.9. The molecule has 36 heavy (non-hydrogen) atoms. The Kier molecular flexibility index (Phi) is 9.62. The highest BCUT2D eigenvalue weighted by atomic mass is 35.5. The average molecular weight is 536 g/mol. The predicted octanol–water partition coefficient (Wildman–Crippen LogP) is 3.98. The Balaban J connectivity index is 1.86. The molecule has 0 bridgehead atoms. The topological polar surface area (TPSA) is 96.0 Å². The molecule has 1 aliphatic rings. The van der Waals surface area contributed by atoms with Gasteiger partial charge < -0.3 is 15.0 Å². The Hall–Kier alpha value is -2.78. The van der Waals surface area contributed by atoms with E-state index in [1.807, 2.05) is 6.07 Å². The van der Waals surface area contributed by atoms with Crippen molar-refractivity contribution < 1.29 is 22.7 Å². The molecule has 2 amide bonds. The number of rotatable bonds is 10. The number of carbonyl (C=O) groups is 2. The van der Waals surface area contributed by atoms with Crippen LogP contribution in [0.3, 0.4) is 0 Å². The summed E-state index contributed by atoms with van der Waals surface area (Å²) in [4.78, 5) is 28.2. The molecule has 2 aromatic carbocycles. The van der Waals surface area contributed by atoms with Crippen molar-refractivity contribution in [1.29, 1.82) is 0 Å². The van der Waals surface area contributed by atoms with Crippen LogP contribution in [0.15, 0.2) is 48.5 Å². The summed E-state index contributed by atoms with van der Waals surface area (Å²) < 4.78 is 31.5. The molecule has 0 radical (unpaired) electrons. The fourth-order valence-corrected chi connectivity index (χ4v) is 5.41. The third kappa shape index (κ3) is 7.61. The van der Waals surface area contributed by atoms with Gasteiger partial charge in [-0.15, -0.1) is 0 Å². The van der Waals surface area contributed by atoms with Crippen LogP contribution in [0, 0.1) is 0 Å². The molecule has 10 heteroatoms. The zero-order valence-corrected chi connectivity index (χ0v) is 22.5. The van der Waals surface area contributed by atoms with Gasteiger partial charge in [-0.05, 0) is 61.7 Å². The Labute approximate surface area is 218 Å². The van der Waals surface area contributed by atoms with Gasteiger partial charge in [0.15, 0.2) is 0 Å². The third-order valence-corrected chi connectivity index (χ3v) is 7.78. The van der Waals surface area contributed by atoms with Crippen LogP contribution in [0.5, 0.6) is 5.75 Å². The quantitative estimate of drug-likeness (QED) is 0.496. The van der Waals surface area contributed by atoms with E-state index in [2.05, 4.69) is 5.32 Å². The molecule has 0 aliphatic heterocycles. The van der Waals surface area contributed by atoms with Crippen molar-refractivity contribution in [1.82, 2.24) is 10.2 Å². The van der Waals surface area contributed by atoms with Gasteiger partial charge in [0.2, 0.25) is 21.8 Å². The first-order chi connectivity index (χ1) is 17.1. The molecule has 0 unspecified atom stereocenters. The lowest BCUT2D eigenvalue weighted by atomic mass is 9.95. The number of nitrogens with zero attached hydrogens (tertiary/aromatic N) is 2. The maximum absolute atomic E-state index is 13.6. The highest BCUT2D eigenvalue weighted by molar-refractivity contribution is 7.92. The molecule has 2 aromatic rings. The molecule has 0 aromatic heterocycles. The normalized spacial score (nSPS) is 15.1. The van der Waals surface area contributed by atoms with Crippen LogP contribution in [-0.2, 0) is 26.2 Å². The van der Waals surface area contributed by atoms with Crippen molar-refractivity contribution in [2.45, 2.75) is 57.7 Å². The van der Waals surface area contributed by atoms with Crippen LogP contribution >= 0.6 is 11.6 Å². The second-order valence-electron chi connectivity index (χ2n) is 9.14. The fraction of sp³-hybridized carbons (Fsp3) is 0.462. The number of anilines is 1. The molecule has 3 rings (SSSR count). The number of hydrogen-bond acceptors (Lipinski definition) is 5. The van der Waals surface area contributed by atoms with Gasteiger partial charge >= 0.3 is 0 Å². The summed E-state index contributed by atoms with van der Waals surface area (Å²) in [7, 11) is -2.28. The minimum absolute atomic E-state index is 0.0867. The van der Waals surface area contributed by atoms with E-state index in [0.717, 1.165) is 48.2 Å². The van der Waals surface area contributed by atoms with Crippen LogP contribution in [0.2, 0.25) is 5.02 Å². The molecule has 0 heterocycles. The number of sulfonamides is 1. The Morgan fingerprint density at radius 2 is 1.78 bits per heavy atom. The second kappa shape index (κ2) is 12.5. The number of hydrogen-bond donors (Lipinski definition) is 1. The summed E-state index contributed by atoms with van der Waals surface area (Å²) in [5, 5.41) is 3.58. The summed E-state index contributed by atoms with van der Waals surface area (Å²) >= 11 is 6.15. The molecular weight excluding hydrogens is 502 g/mol. The van der Waals surface area contributed by atoms with E-state index in [9.17, 15) is 18.0 Å². The molecule has 1 saturated carbocycles.